The topological polar surface area (TPSA) is 38.7 Å². The van der Waals surface area contributed by atoms with E-state index in [1.54, 1.807) is 26.0 Å². The summed E-state index contributed by atoms with van der Waals surface area (Å²) < 4.78 is 10.3. The van der Waals surface area contributed by atoms with Gasteiger partial charge in [0.1, 0.15) is 0 Å². The van der Waals surface area contributed by atoms with Gasteiger partial charge in [0.25, 0.3) is 0 Å². The number of rotatable bonds is 4. The van der Waals surface area contributed by atoms with Crippen LogP contribution in [0.5, 0.6) is 0 Å². The maximum absolute atomic E-state index is 9.88. The van der Waals surface area contributed by atoms with E-state index < -0.39 is 0 Å². The summed E-state index contributed by atoms with van der Waals surface area (Å²) in [6.07, 6.45) is 1.80. The lowest BCUT2D eigenvalue weighted by atomic mass is 9.89. The lowest BCUT2D eigenvalue weighted by molar-refractivity contribution is 0.0184. The molecule has 3 nitrogen and oxygen atoms in total. The van der Waals surface area contributed by atoms with E-state index in [-0.39, 0.29) is 17.9 Å². The van der Waals surface area contributed by atoms with Crippen molar-refractivity contribution in [1.82, 2.24) is 0 Å². The number of thioether (sulfide) groups is 1. The van der Waals surface area contributed by atoms with Gasteiger partial charge in [-0.3, -0.25) is 0 Å². The van der Waals surface area contributed by atoms with E-state index in [4.69, 9.17) is 9.47 Å². The summed E-state index contributed by atoms with van der Waals surface area (Å²) in [6.45, 7) is 1.22. The highest BCUT2D eigenvalue weighted by Crippen LogP contribution is 2.26. The van der Waals surface area contributed by atoms with Crippen molar-refractivity contribution < 1.29 is 14.6 Å². The Labute approximate surface area is 89.5 Å². The minimum atomic E-state index is -0.310. The summed E-state index contributed by atoms with van der Waals surface area (Å²) >= 11 is 1.64. The molecule has 82 valence electrons. The van der Waals surface area contributed by atoms with E-state index in [9.17, 15) is 5.11 Å². The van der Waals surface area contributed by atoms with Gasteiger partial charge in [0.05, 0.1) is 19.3 Å². The van der Waals surface area contributed by atoms with Crippen molar-refractivity contribution in [2.45, 2.75) is 6.10 Å². The summed E-state index contributed by atoms with van der Waals surface area (Å²) in [4.78, 5) is 0. The second kappa shape index (κ2) is 6.45. The molecule has 1 aliphatic rings. The van der Waals surface area contributed by atoms with Crippen LogP contribution in [0.3, 0.4) is 0 Å². The number of hydrogen-bond donors (Lipinski definition) is 1. The first-order valence-corrected chi connectivity index (χ1v) is 5.78. The molecule has 1 heterocycles. The lowest BCUT2D eigenvalue weighted by Crippen LogP contribution is -2.33. The van der Waals surface area contributed by atoms with Crippen molar-refractivity contribution in [2.24, 2.45) is 11.8 Å². The zero-order valence-electron chi connectivity index (χ0n) is 8.68. The zero-order chi connectivity index (χ0) is 10.4. The van der Waals surface area contributed by atoms with E-state index in [0.29, 0.717) is 13.2 Å². The normalized spacial score (nSPS) is 32.9. The molecule has 14 heavy (non-hydrogen) atoms. The Hall–Kier alpha value is -0.0300. The highest BCUT2D eigenvalue weighted by atomic mass is 32.2. The Morgan fingerprint density at radius 3 is 2.71 bits per heavy atom. The molecule has 0 amide bonds. The number of methoxy groups -OCH3 is 2. The molecule has 0 aliphatic carbocycles. The number of hydrogen-bond acceptors (Lipinski definition) is 4. The first-order valence-electron chi connectivity index (χ1n) is 4.73. The van der Waals surface area contributed by atoms with Crippen molar-refractivity contribution >= 4 is 11.8 Å². The molecular weight excluding hydrogens is 200 g/mol. The fourth-order valence-electron chi connectivity index (χ4n) is 1.66. The van der Waals surface area contributed by atoms with Crippen LogP contribution in [0.2, 0.25) is 0 Å². The van der Waals surface area contributed by atoms with Crippen LogP contribution in [0.25, 0.3) is 0 Å². The van der Waals surface area contributed by atoms with Gasteiger partial charge in [-0.2, -0.15) is 0 Å². The van der Waals surface area contributed by atoms with Gasteiger partial charge in [-0.25, -0.2) is 0 Å². The fourth-order valence-corrected chi connectivity index (χ4v) is 2.53. The highest BCUT2D eigenvalue weighted by Gasteiger charge is 2.28. The standard InChI is InChI=1S/C10H18O3S/c1-12-5-8-3-4-14-7-10(11)9(8)6-13-2/h3-4,8-11H,5-7H2,1-2H3/t8-,9+,10-/m0/s1. The monoisotopic (exact) mass is 218 g/mol. The summed E-state index contributed by atoms with van der Waals surface area (Å²) in [7, 11) is 3.35. The van der Waals surface area contributed by atoms with Gasteiger partial charge in [0.15, 0.2) is 0 Å². The molecule has 0 unspecified atom stereocenters. The third-order valence-electron chi connectivity index (χ3n) is 2.45. The molecule has 3 atom stereocenters. The Morgan fingerprint density at radius 2 is 2.07 bits per heavy atom. The predicted molar refractivity (Wildman–Crippen MR) is 58.3 cm³/mol. The molecule has 4 heteroatoms. The summed E-state index contributed by atoms with van der Waals surface area (Å²) in [5.41, 5.74) is 0. The van der Waals surface area contributed by atoms with E-state index >= 15 is 0 Å². The minimum Gasteiger partial charge on any atom is -0.392 e. The summed E-state index contributed by atoms with van der Waals surface area (Å²) in [5.74, 6) is 1.14. The Kier molecular flexibility index (Phi) is 5.55. The van der Waals surface area contributed by atoms with Crippen molar-refractivity contribution in [3.63, 3.8) is 0 Å². The van der Waals surface area contributed by atoms with Crippen LogP contribution in [0.1, 0.15) is 0 Å². The predicted octanol–water partition coefficient (Wildman–Crippen LogP) is 1.13. The third-order valence-corrected chi connectivity index (χ3v) is 3.33. The van der Waals surface area contributed by atoms with Gasteiger partial charge in [-0.05, 0) is 5.41 Å². The van der Waals surface area contributed by atoms with Crippen LogP contribution in [-0.4, -0.2) is 44.4 Å². The van der Waals surface area contributed by atoms with E-state index in [2.05, 4.69) is 6.08 Å². The van der Waals surface area contributed by atoms with Crippen molar-refractivity contribution in [2.75, 3.05) is 33.2 Å². The van der Waals surface area contributed by atoms with Crippen LogP contribution in [0, 0.1) is 11.8 Å². The Bertz CT molecular complexity index is 184. The lowest BCUT2D eigenvalue weighted by Gasteiger charge is -2.26. The number of aliphatic hydroxyl groups excluding tert-OH is 1. The molecule has 0 aromatic heterocycles. The van der Waals surface area contributed by atoms with Crippen LogP contribution < -0.4 is 0 Å². The maximum Gasteiger partial charge on any atom is 0.0690 e. The quantitative estimate of drug-likeness (QED) is 0.768. The molecule has 0 radical (unpaired) electrons. The SMILES string of the molecule is COC[C@H]1[C@@H](O)CSC=C[C@H]1COC. The zero-order valence-corrected chi connectivity index (χ0v) is 9.50. The van der Waals surface area contributed by atoms with Gasteiger partial charge < -0.3 is 14.6 Å². The molecule has 1 aliphatic heterocycles. The van der Waals surface area contributed by atoms with E-state index in [0.717, 1.165) is 5.75 Å². The smallest absolute Gasteiger partial charge is 0.0690 e. The number of aliphatic hydroxyl groups is 1. The fraction of sp³-hybridized carbons (Fsp3) is 0.800. The molecule has 1 rings (SSSR count). The average Bonchev–Trinajstić information content (AvgIpc) is 2.33. The van der Waals surface area contributed by atoms with Crippen molar-refractivity contribution in [3.05, 3.63) is 11.5 Å². The van der Waals surface area contributed by atoms with Crippen LogP contribution in [0.4, 0.5) is 0 Å². The molecule has 0 aromatic rings. The van der Waals surface area contributed by atoms with Gasteiger partial charge >= 0.3 is 0 Å². The first kappa shape index (κ1) is 12.0. The van der Waals surface area contributed by atoms with Crippen molar-refractivity contribution in [3.8, 4) is 0 Å². The largest absolute Gasteiger partial charge is 0.392 e. The van der Waals surface area contributed by atoms with Crippen LogP contribution in [-0.2, 0) is 9.47 Å². The molecular formula is C10H18O3S. The van der Waals surface area contributed by atoms with Gasteiger partial charge in [0.2, 0.25) is 0 Å². The molecule has 0 saturated heterocycles. The average molecular weight is 218 g/mol. The first-order chi connectivity index (χ1) is 6.79. The van der Waals surface area contributed by atoms with Crippen molar-refractivity contribution in [1.29, 1.82) is 0 Å². The summed E-state index contributed by atoms with van der Waals surface area (Å²) in [5, 5.41) is 11.9. The van der Waals surface area contributed by atoms with Gasteiger partial charge in [0, 0.05) is 31.8 Å². The second-order valence-electron chi connectivity index (χ2n) is 3.47. The maximum atomic E-state index is 9.88. The molecule has 0 bridgehead atoms. The van der Waals surface area contributed by atoms with Gasteiger partial charge in [-0.15, -0.1) is 11.8 Å². The molecule has 0 saturated carbocycles. The van der Waals surface area contributed by atoms with E-state index in [1.165, 1.54) is 0 Å². The van der Waals surface area contributed by atoms with Gasteiger partial charge in [-0.1, -0.05) is 6.08 Å². The highest BCUT2D eigenvalue weighted by molar-refractivity contribution is 8.02. The molecule has 0 fully saturated rings. The second-order valence-corrected chi connectivity index (χ2v) is 4.41. The third kappa shape index (κ3) is 3.28. The molecule has 1 N–H and O–H groups in total. The number of ether oxygens (including phenoxy) is 2. The molecule has 0 spiro atoms. The Balaban J connectivity index is 2.62. The molecule has 0 aromatic carbocycles. The summed E-state index contributed by atoms with van der Waals surface area (Å²) in [6, 6.07) is 0. The minimum absolute atomic E-state index is 0.145. The Morgan fingerprint density at radius 1 is 1.36 bits per heavy atom. The van der Waals surface area contributed by atoms with E-state index in [1.807, 2.05) is 5.41 Å². The van der Waals surface area contributed by atoms with Crippen LogP contribution in [0.15, 0.2) is 11.5 Å². The van der Waals surface area contributed by atoms with Crippen LogP contribution >= 0.6 is 11.8 Å².